The molecule has 0 bridgehead atoms. The summed E-state index contributed by atoms with van der Waals surface area (Å²) in [5.41, 5.74) is -1.86. The first-order valence-electron chi connectivity index (χ1n) is 9.54. The van der Waals surface area contributed by atoms with E-state index in [0.717, 1.165) is 12.1 Å². The zero-order chi connectivity index (χ0) is 26.2. The Hall–Kier alpha value is -3.24. The molecule has 0 saturated heterocycles. The fraction of sp³-hybridized carbons (Fsp3) is 0.217. The summed E-state index contributed by atoms with van der Waals surface area (Å²) in [6, 6.07) is 6.43. The van der Waals surface area contributed by atoms with Gasteiger partial charge >= 0.3 is 6.18 Å². The molecule has 0 aliphatic heterocycles. The van der Waals surface area contributed by atoms with E-state index >= 15 is 0 Å². The van der Waals surface area contributed by atoms with Crippen LogP contribution in [0.5, 0.6) is 5.75 Å². The standard InChI is InChI=1S/C14H10F4.C7H2F6O.C2H6/c1-8-2-3-10(12(16)4-8)9-5-13(17)11(7-15)14(18)6-9;8-4-1-3(14-13)2-5(9)6(4)7(10,11)12;1-2/h2-6H,7H2,1H3;1-2H;1-2H3. The van der Waals surface area contributed by atoms with Crippen molar-refractivity contribution in [1.82, 2.24) is 0 Å². The molecule has 0 radical (unpaired) electrons. The smallest absolute Gasteiger partial charge is 0.294 e. The topological polar surface area (TPSA) is 9.23 Å². The molecule has 3 aromatic carbocycles. The maximum atomic E-state index is 13.7. The maximum Gasteiger partial charge on any atom is 0.422 e. The molecule has 0 spiro atoms. The number of benzene rings is 3. The van der Waals surface area contributed by atoms with Gasteiger partial charge in [-0.3, -0.25) is 4.94 Å². The van der Waals surface area contributed by atoms with Crippen molar-refractivity contribution in [1.29, 1.82) is 0 Å². The number of alkyl halides is 4. The first-order valence-corrected chi connectivity index (χ1v) is 9.54. The molecule has 0 heterocycles. The van der Waals surface area contributed by atoms with E-state index in [4.69, 9.17) is 0 Å². The molecular formula is C23H18F10O. The molecule has 0 fully saturated rings. The van der Waals surface area contributed by atoms with Crippen molar-refractivity contribution in [3.8, 4) is 16.9 Å². The van der Waals surface area contributed by atoms with Crippen LogP contribution in [0.4, 0.5) is 44.0 Å². The highest BCUT2D eigenvalue weighted by atomic mass is 19.4. The molecule has 0 saturated carbocycles. The van der Waals surface area contributed by atoms with Crippen LogP contribution in [0.2, 0.25) is 0 Å². The van der Waals surface area contributed by atoms with Gasteiger partial charge in [0.05, 0.1) is 5.56 Å². The van der Waals surface area contributed by atoms with E-state index in [2.05, 4.69) is 4.94 Å². The molecule has 0 aliphatic carbocycles. The van der Waals surface area contributed by atoms with E-state index in [9.17, 15) is 44.0 Å². The van der Waals surface area contributed by atoms with Crippen LogP contribution in [0.15, 0.2) is 42.5 Å². The van der Waals surface area contributed by atoms with Crippen molar-refractivity contribution < 1.29 is 49.0 Å². The van der Waals surface area contributed by atoms with Crippen LogP contribution in [-0.2, 0) is 12.9 Å². The fourth-order valence-electron chi connectivity index (χ4n) is 2.61. The third kappa shape index (κ3) is 7.13. The SMILES string of the molecule is CC.Cc1ccc(-c2cc(F)c(CF)c(F)c2)c(F)c1.FOc1cc(F)c(C(F)(F)F)c(F)c1. The Balaban J connectivity index is 0.000000326. The van der Waals surface area contributed by atoms with Gasteiger partial charge in [0.2, 0.25) is 0 Å². The van der Waals surface area contributed by atoms with Crippen LogP contribution in [-0.4, -0.2) is 0 Å². The molecule has 0 aliphatic rings. The largest absolute Gasteiger partial charge is 0.422 e. The van der Waals surface area contributed by atoms with Crippen LogP contribution >= 0.6 is 0 Å². The molecule has 0 N–H and O–H groups in total. The van der Waals surface area contributed by atoms with Crippen LogP contribution in [0.25, 0.3) is 11.1 Å². The van der Waals surface area contributed by atoms with E-state index in [0.29, 0.717) is 5.56 Å². The molecule has 3 rings (SSSR count). The van der Waals surface area contributed by atoms with Gasteiger partial charge in [-0.05, 0) is 36.2 Å². The monoisotopic (exact) mass is 500 g/mol. The second-order valence-electron chi connectivity index (χ2n) is 6.37. The Labute approximate surface area is 188 Å². The predicted octanol–water partition coefficient (Wildman–Crippen LogP) is 8.82. The molecule has 0 amide bonds. The summed E-state index contributed by atoms with van der Waals surface area (Å²) in [6.45, 7) is 4.48. The molecule has 34 heavy (non-hydrogen) atoms. The van der Waals surface area contributed by atoms with Crippen LogP contribution in [0.1, 0.15) is 30.5 Å². The number of rotatable bonds is 3. The molecule has 1 nitrogen and oxygen atoms in total. The number of hydrogen-bond acceptors (Lipinski definition) is 1. The van der Waals surface area contributed by atoms with Gasteiger partial charge in [0, 0.05) is 22.2 Å². The third-order valence-electron chi connectivity index (χ3n) is 4.10. The lowest BCUT2D eigenvalue weighted by Crippen LogP contribution is -2.11. The molecule has 186 valence electrons. The van der Waals surface area contributed by atoms with Gasteiger partial charge in [0.25, 0.3) is 0 Å². The van der Waals surface area contributed by atoms with Crippen LogP contribution in [0, 0.1) is 36.0 Å². The predicted molar refractivity (Wildman–Crippen MR) is 106 cm³/mol. The summed E-state index contributed by atoms with van der Waals surface area (Å²) in [6.07, 6.45) is -5.16. The lowest BCUT2D eigenvalue weighted by Gasteiger charge is -2.09. The van der Waals surface area contributed by atoms with Gasteiger partial charge in [-0.25, -0.2) is 26.3 Å². The highest BCUT2D eigenvalue weighted by Crippen LogP contribution is 2.35. The van der Waals surface area contributed by atoms with Gasteiger partial charge in [-0.15, -0.1) is 0 Å². The van der Waals surface area contributed by atoms with Crippen molar-refractivity contribution in [2.75, 3.05) is 0 Å². The average Bonchev–Trinajstić information content (AvgIpc) is 2.73. The van der Waals surface area contributed by atoms with E-state index in [1.807, 2.05) is 13.8 Å². The van der Waals surface area contributed by atoms with E-state index in [1.165, 1.54) is 12.1 Å². The minimum Gasteiger partial charge on any atom is -0.294 e. The van der Waals surface area contributed by atoms with E-state index < -0.39 is 58.8 Å². The zero-order valence-electron chi connectivity index (χ0n) is 17.9. The molecule has 0 unspecified atom stereocenters. The quantitative estimate of drug-likeness (QED) is 0.327. The normalized spacial score (nSPS) is 10.6. The highest BCUT2D eigenvalue weighted by molar-refractivity contribution is 5.65. The first-order chi connectivity index (χ1) is 15.9. The summed E-state index contributed by atoms with van der Waals surface area (Å²) >= 11 is 0. The van der Waals surface area contributed by atoms with Gasteiger partial charge in [-0.2, -0.15) is 13.2 Å². The average molecular weight is 500 g/mol. The Morgan fingerprint density at radius 2 is 1.24 bits per heavy atom. The van der Waals surface area contributed by atoms with Crippen molar-refractivity contribution in [2.45, 2.75) is 33.6 Å². The molecule has 3 aromatic rings. The summed E-state index contributed by atoms with van der Waals surface area (Å²) in [7, 11) is 0. The van der Waals surface area contributed by atoms with Gasteiger partial charge in [0.1, 0.15) is 41.3 Å². The number of aryl methyl sites for hydroxylation is 1. The van der Waals surface area contributed by atoms with E-state index in [1.54, 1.807) is 13.0 Å². The number of halogens is 10. The lowest BCUT2D eigenvalue weighted by molar-refractivity contribution is -0.142. The highest BCUT2D eigenvalue weighted by Gasteiger charge is 2.38. The Bertz CT molecular complexity index is 1060. The van der Waals surface area contributed by atoms with Crippen LogP contribution < -0.4 is 4.94 Å². The lowest BCUT2D eigenvalue weighted by atomic mass is 10.0. The maximum absolute atomic E-state index is 13.7. The molecule has 0 atom stereocenters. The Morgan fingerprint density at radius 3 is 1.62 bits per heavy atom. The zero-order valence-corrected chi connectivity index (χ0v) is 17.9. The van der Waals surface area contributed by atoms with Gasteiger partial charge in [-0.1, -0.05) is 26.0 Å². The number of hydrogen-bond donors (Lipinski definition) is 0. The first kappa shape index (κ1) is 28.8. The molecule has 0 aromatic heterocycles. The summed E-state index contributed by atoms with van der Waals surface area (Å²) in [5.74, 6) is -7.40. The second-order valence-corrected chi connectivity index (χ2v) is 6.37. The van der Waals surface area contributed by atoms with Crippen molar-refractivity contribution in [3.05, 3.63) is 88.2 Å². The summed E-state index contributed by atoms with van der Waals surface area (Å²) in [4.78, 5) is 2.90. The summed E-state index contributed by atoms with van der Waals surface area (Å²) in [5, 5.41) is 0. The second kappa shape index (κ2) is 12.3. The Kier molecular flexibility index (Phi) is 10.4. The van der Waals surface area contributed by atoms with Crippen molar-refractivity contribution in [3.63, 3.8) is 0 Å². The molecular weight excluding hydrogens is 482 g/mol. The fourth-order valence-corrected chi connectivity index (χ4v) is 2.61. The third-order valence-corrected chi connectivity index (χ3v) is 4.10. The van der Waals surface area contributed by atoms with Gasteiger partial charge < -0.3 is 0 Å². The van der Waals surface area contributed by atoms with E-state index in [-0.39, 0.29) is 23.3 Å². The summed E-state index contributed by atoms with van der Waals surface area (Å²) < 4.78 is 125. The minimum absolute atomic E-state index is 0.0553. The van der Waals surface area contributed by atoms with Crippen molar-refractivity contribution >= 4 is 0 Å². The molecule has 11 heteroatoms. The van der Waals surface area contributed by atoms with Gasteiger partial charge in [0.15, 0.2) is 5.75 Å². The minimum atomic E-state index is -5.16. The Morgan fingerprint density at radius 1 is 0.735 bits per heavy atom. The van der Waals surface area contributed by atoms with Crippen molar-refractivity contribution in [2.24, 2.45) is 0 Å². The van der Waals surface area contributed by atoms with Crippen LogP contribution in [0.3, 0.4) is 0 Å².